The Hall–Kier alpha value is -3.33. The van der Waals surface area contributed by atoms with E-state index in [4.69, 9.17) is 4.52 Å². The second-order valence-electron chi connectivity index (χ2n) is 8.29. The third kappa shape index (κ3) is 4.20. The van der Waals surface area contributed by atoms with Crippen LogP contribution in [0.2, 0.25) is 0 Å². The van der Waals surface area contributed by atoms with Crippen LogP contribution in [0.1, 0.15) is 34.7 Å². The van der Waals surface area contributed by atoms with Crippen molar-refractivity contribution in [3.8, 4) is 11.3 Å². The van der Waals surface area contributed by atoms with E-state index in [0.29, 0.717) is 31.9 Å². The molecule has 0 N–H and O–H groups in total. The van der Waals surface area contributed by atoms with Gasteiger partial charge in [-0.05, 0) is 37.5 Å². The molecule has 166 valence electrons. The number of carbonyl (C=O) groups is 1. The molecule has 0 bridgehead atoms. The van der Waals surface area contributed by atoms with Crippen molar-refractivity contribution in [1.82, 2.24) is 29.7 Å². The summed E-state index contributed by atoms with van der Waals surface area (Å²) in [6.07, 6.45) is 7.35. The van der Waals surface area contributed by atoms with Gasteiger partial charge in [-0.2, -0.15) is 5.10 Å². The molecule has 0 unspecified atom stereocenters. The first-order valence-corrected chi connectivity index (χ1v) is 11.2. The fourth-order valence-corrected chi connectivity index (χ4v) is 4.40. The molecule has 1 aliphatic heterocycles. The first-order chi connectivity index (χ1) is 15.7. The van der Waals surface area contributed by atoms with Crippen LogP contribution in [0.25, 0.3) is 11.3 Å². The van der Waals surface area contributed by atoms with Crippen LogP contribution < -0.4 is 5.56 Å². The van der Waals surface area contributed by atoms with Gasteiger partial charge in [0.25, 0.3) is 11.5 Å². The molecule has 0 atom stereocenters. The molecule has 9 nitrogen and oxygen atoms in total. The van der Waals surface area contributed by atoms with Gasteiger partial charge in [-0.3, -0.25) is 19.5 Å². The molecule has 2 aliphatic rings. The molecule has 3 aromatic heterocycles. The van der Waals surface area contributed by atoms with Crippen molar-refractivity contribution >= 4 is 5.91 Å². The van der Waals surface area contributed by atoms with Gasteiger partial charge < -0.3 is 9.42 Å². The zero-order valence-electron chi connectivity index (χ0n) is 17.9. The normalized spacial score (nSPS) is 16.7. The van der Waals surface area contributed by atoms with Crippen molar-refractivity contribution in [2.24, 2.45) is 0 Å². The van der Waals surface area contributed by atoms with Gasteiger partial charge >= 0.3 is 0 Å². The number of pyridine rings is 1. The van der Waals surface area contributed by atoms with Crippen molar-refractivity contribution in [2.75, 3.05) is 32.7 Å². The van der Waals surface area contributed by atoms with Crippen LogP contribution in [0.3, 0.4) is 0 Å². The molecule has 5 rings (SSSR count). The van der Waals surface area contributed by atoms with Crippen LogP contribution in [-0.2, 0) is 19.4 Å². The van der Waals surface area contributed by atoms with E-state index in [9.17, 15) is 9.59 Å². The van der Waals surface area contributed by atoms with Gasteiger partial charge in [-0.25, -0.2) is 4.68 Å². The highest BCUT2D eigenvalue weighted by atomic mass is 16.5. The lowest BCUT2D eigenvalue weighted by atomic mass is 9.96. The summed E-state index contributed by atoms with van der Waals surface area (Å²) in [6.45, 7) is 3.99. The predicted octanol–water partition coefficient (Wildman–Crippen LogP) is 1.63. The summed E-state index contributed by atoms with van der Waals surface area (Å²) in [5, 5.41) is 8.59. The fourth-order valence-electron chi connectivity index (χ4n) is 4.40. The number of nitrogens with zero attached hydrogens (tertiary/aromatic N) is 6. The molecule has 9 heteroatoms. The summed E-state index contributed by atoms with van der Waals surface area (Å²) in [4.78, 5) is 33.4. The zero-order chi connectivity index (χ0) is 21.9. The summed E-state index contributed by atoms with van der Waals surface area (Å²) in [5.41, 5.74) is 3.06. The minimum Gasteiger partial charge on any atom is -0.360 e. The Morgan fingerprint density at radius 3 is 2.56 bits per heavy atom. The lowest BCUT2D eigenvalue weighted by Crippen LogP contribution is -2.49. The van der Waals surface area contributed by atoms with Gasteiger partial charge in [0.2, 0.25) is 0 Å². The standard InChI is InChI=1S/C23H26N6O3/c30-21-6-5-19(17-7-9-24-10-8-17)25-29(21)16-13-27-11-14-28(15-12-27)23(31)22-18-3-1-2-4-20(18)32-26-22/h5-10H,1-4,11-16H2. The van der Waals surface area contributed by atoms with E-state index < -0.39 is 0 Å². The molecule has 4 heterocycles. The molecular formula is C23H26N6O3. The van der Waals surface area contributed by atoms with Gasteiger partial charge in [0.1, 0.15) is 5.76 Å². The number of hydrogen-bond acceptors (Lipinski definition) is 7. The monoisotopic (exact) mass is 434 g/mol. The lowest BCUT2D eigenvalue weighted by Gasteiger charge is -2.34. The number of amides is 1. The van der Waals surface area contributed by atoms with Crippen molar-refractivity contribution in [2.45, 2.75) is 32.2 Å². The average Bonchev–Trinajstić information content (AvgIpc) is 3.28. The van der Waals surface area contributed by atoms with E-state index in [1.165, 1.54) is 4.68 Å². The Bertz CT molecular complexity index is 1150. The molecular weight excluding hydrogens is 408 g/mol. The maximum Gasteiger partial charge on any atom is 0.276 e. The van der Waals surface area contributed by atoms with Crippen LogP contribution in [0, 0.1) is 0 Å². The van der Waals surface area contributed by atoms with E-state index in [1.807, 2.05) is 17.0 Å². The van der Waals surface area contributed by atoms with Gasteiger partial charge in [0.15, 0.2) is 5.69 Å². The predicted molar refractivity (Wildman–Crippen MR) is 117 cm³/mol. The lowest BCUT2D eigenvalue weighted by molar-refractivity contribution is 0.0620. The minimum atomic E-state index is -0.118. The summed E-state index contributed by atoms with van der Waals surface area (Å²) in [6, 6.07) is 7.04. The summed E-state index contributed by atoms with van der Waals surface area (Å²) >= 11 is 0. The van der Waals surface area contributed by atoms with Crippen molar-refractivity contribution in [3.05, 3.63) is 64.0 Å². The van der Waals surface area contributed by atoms with Crippen molar-refractivity contribution in [1.29, 1.82) is 0 Å². The Morgan fingerprint density at radius 2 is 1.75 bits per heavy atom. The smallest absolute Gasteiger partial charge is 0.276 e. The van der Waals surface area contributed by atoms with E-state index in [2.05, 4.69) is 20.1 Å². The van der Waals surface area contributed by atoms with Crippen LogP contribution in [0.5, 0.6) is 0 Å². The van der Waals surface area contributed by atoms with E-state index in [0.717, 1.165) is 61.4 Å². The Kier molecular flexibility index (Phi) is 5.81. The van der Waals surface area contributed by atoms with Crippen LogP contribution in [-0.4, -0.2) is 68.4 Å². The number of fused-ring (bicyclic) bond motifs is 1. The highest BCUT2D eigenvalue weighted by Gasteiger charge is 2.29. The number of hydrogen-bond donors (Lipinski definition) is 0. The first kappa shape index (κ1) is 20.6. The third-order valence-corrected chi connectivity index (χ3v) is 6.28. The summed E-state index contributed by atoms with van der Waals surface area (Å²) in [7, 11) is 0. The highest BCUT2D eigenvalue weighted by Crippen LogP contribution is 2.25. The Labute approximate surface area is 185 Å². The highest BCUT2D eigenvalue weighted by molar-refractivity contribution is 5.94. The number of piperazine rings is 1. The molecule has 3 aromatic rings. The molecule has 1 saturated heterocycles. The van der Waals surface area contributed by atoms with E-state index in [1.54, 1.807) is 24.5 Å². The Morgan fingerprint density at radius 1 is 0.969 bits per heavy atom. The second-order valence-corrected chi connectivity index (χ2v) is 8.29. The van der Waals surface area contributed by atoms with Crippen LogP contribution >= 0.6 is 0 Å². The first-order valence-electron chi connectivity index (χ1n) is 11.2. The molecule has 0 aromatic carbocycles. The zero-order valence-corrected chi connectivity index (χ0v) is 17.9. The van der Waals surface area contributed by atoms with Gasteiger partial charge in [0.05, 0.1) is 12.2 Å². The number of aromatic nitrogens is 4. The number of carbonyl (C=O) groups excluding carboxylic acids is 1. The number of rotatable bonds is 5. The SMILES string of the molecule is O=C(c1noc2c1CCCC2)N1CCN(CCn2nc(-c3ccncc3)ccc2=O)CC1. The fraction of sp³-hybridized carbons (Fsp3) is 0.435. The Balaban J connectivity index is 1.18. The third-order valence-electron chi connectivity index (χ3n) is 6.28. The van der Waals surface area contributed by atoms with E-state index >= 15 is 0 Å². The van der Waals surface area contributed by atoms with Gasteiger partial charge in [-0.1, -0.05) is 5.16 Å². The molecule has 1 aliphatic carbocycles. The number of aryl methyl sites for hydroxylation is 1. The quantitative estimate of drug-likeness (QED) is 0.602. The molecule has 1 fully saturated rings. The summed E-state index contributed by atoms with van der Waals surface area (Å²) in [5.74, 6) is 0.852. The maximum atomic E-state index is 13.0. The van der Waals surface area contributed by atoms with Crippen molar-refractivity contribution < 1.29 is 9.32 Å². The summed E-state index contributed by atoms with van der Waals surface area (Å²) < 4.78 is 6.92. The topological polar surface area (TPSA) is 97.4 Å². The maximum absolute atomic E-state index is 13.0. The largest absolute Gasteiger partial charge is 0.360 e. The molecule has 0 saturated carbocycles. The molecule has 32 heavy (non-hydrogen) atoms. The average molecular weight is 435 g/mol. The van der Waals surface area contributed by atoms with Gasteiger partial charge in [0, 0.05) is 68.7 Å². The molecule has 0 radical (unpaired) electrons. The molecule has 1 amide bonds. The minimum absolute atomic E-state index is 0.0283. The van der Waals surface area contributed by atoms with Crippen LogP contribution in [0.4, 0.5) is 0 Å². The van der Waals surface area contributed by atoms with E-state index in [-0.39, 0.29) is 11.5 Å². The van der Waals surface area contributed by atoms with Gasteiger partial charge in [-0.15, -0.1) is 0 Å². The molecule has 0 spiro atoms. The van der Waals surface area contributed by atoms with Crippen molar-refractivity contribution in [3.63, 3.8) is 0 Å². The second kappa shape index (κ2) is 9.04. The van der Waals surface area contributed by atoms with Crippen LogP contribution in [0.15, 0.2) is 46.0 Å².